The van der Waals surface area contributed by atoms with E-state index in [2.05, 4.69) is 10.1 Å². The molecule has 3 heterocycles. The van der Waals surface area contributed by atoms with E-state index in [1.807, 2.05) is 6.07 Å². The molecule has 2 unspecified atom stereocenters. The molecule has 118 valence electrons. The van der Waals surface area contributed by atoms with Crippen LogP contribution in [0.15, 0.2) is 43.0 Å². The van der Waals surface area contributed by atoms with Crippen molar-refractivity contribution in [2.24, 2.45) is 0 Å². The molecule has 1 saturated heterocycles. The molecule has 1 aliphatic rings. The first-order valence-electron chi connectivity index (χ1n) is 6.79. The lowest BCUT2D eigenvalue weighted by atomic mass is 9.92. The SMILES string of the molecule is Fc1ccc(C2(Cn3cncn3)OC2c2cc(Cl)sc2Cl)cc1. The van der Waals surface area contributed by atoms with Gasteiger partial charge in [-0.25, -0.2) is 14.1 Å². The van der Waals surface area contributed by atoms with Crippen molar-refractivity contribution in [3.63, 3.8) is 0 Å². The van der Waals surface area contributed by atoms with Gasteiger partial charge in [-0.2, -0.15) is 5.10 Å². The molecule has 23 heavy (non-hydrogen) atoms. The Bertz CT molecular complexity index is 837. The molecule has 8 heteroatoms. The van der Waals surface area contributed by atoms with Gasteiger partial charge in [0.2, 0.25) is 0 Å². The zero-order valence-corrected chi connectivity index (χ0v) is 13.9. The summed E-state index contributed by atoms with van der Waals surface area (Å²) < 4.78 is 22.2. The van der Waals surface area contributed by atoms with Crippen LogP contribution in [-0.2, 0) is 16.9 Å². The monoisotopic (exact) mass is 369 g/mol. The van der Waals surface area contributed by atoms with Crippen molar-refractivity contribution < 1.29 is 9.13 Å². The highest BCUT2D eigenvalue weighted by Gasteiger charge is 2.60. The molecular weight excluding hydrogens is 360 g/mol. The van der Waals surface area contributed by atoms with E-state index in [4.69, 9.17) is 27.9 Å². The Labute approximate surface area is 145 Å². The highest BCUT2D eigenvalue weighted by Crippen LogP contribution is 2.60. The van der Waals surface area contributed by atoms with Gasteiger partial charge in [-0.15, -0.1) is 11.3 Å². The first-order valence-corrected chi connectivity index (χ1v) is 8.37. The number of halogens is 3. The summed E-state index contributed by atoms with van der Waals surface area (Å²) in [5, 5.41) is 4.14. The molecule has 1 aromatic carbocycles. The van der Waals surface area contributed by atoms with Crippen LogP contribution in [0, 0.1) is 5.82 Å². The number of thiophene rings is 1. The Morgan fingerprint density at radius 3 is 2.70 bits per heavy atom. The van der Waals surface area contributed by atoms with Crippen molar-refractivity contribution in [2.45, 2.75) is 18.2 Å². The number of benzene rings is 1. The number of nitrogens with zero attached hydrogens (tertiary/aromatic N) is 3. The summed E-state index contributed by atoms with van der Waals surface area (Å²) in [6.45, 7) is 0.451. The van der Waals surface area contributed by atoms with Crippen molar-refractivity contribution in [2.75, 3.05) is 0 Å². The summed E-state index contributed by atoms with van der Waals surface area (Å²) in [6, 6.07) is 8.08. The Balaban J connectivity index is 1.74. The van der Waals surface area contributed by atoms with Gasteiger partial charge in [0.15, 0.2) is 0 Å². The van der Waals surface area contributed by atoms with Crippen LogP contribution in [-0.4, -0.2) is 14.8 Å². The fourth-order valence-corrected chi connectivity index (χ4v) is 4.25. The second-order valence-corrected chi connectivity index (χ2v) is 7.55. The number of ether oxygens (including phenoxy) is 1. The second-order valence-electron chi connectivity index (χ2n) is 5.27. The summed E-state index contributed by atoms with van der Waals surface area (Å²) in [6.07, 6.45) is 2.82. The molecule has 2 aromatic heterocycles. The maximum Gasteiger partial charge on any atom is 0.144 e. The number of hydrogen-bond donors (Lipinski definition) is 0. The number of rotatable bonds is 4. The highest BCUT2D eigenvalue weighted by molar-refractivity contribution is 7.20. The Morgan fingerprint density at radius 1 is 1.30 bits per heavy atom. The van der Waals surface area contributed by atoms with Crippen LogP contribution in [0.1, 0.15) is 17.2 Å². The van der Waals surface area contributed by atoms with E-state index < -0.39 is 5.60 Å². The first kappa shape index (κ1) is 15.1. The Hall–Kier alpha value is -1.47. The average molecular weight is 370 g/mol. The average Bonchev–Trinajstić information content (AvgIpc) is 2.84. The fraction of sp³-hybridized carbons (Fsp3) is 0.200. The van der Waals surface area contributed by atoms with Gasteiger partial charge in [0.05, 0.1) is 10.9 Å². The topological polar surface area (TPSA) is 43.2 Å². The van der Waals surface area contributed by atoms with Gasteiger partial charge in [-0.05, 0) is 23.8 Å². The van der Waals surface area contributed by atoms with Gasteiger partial charge in [0, 0.05) is 5.56 Å². The van der Waals surface area contributed by atoms with Crippen molar-refractivity contribution in [3.05, 3.63) is 68.6 Å². The third kappa shape index (κ3) is 2.65. The molecular formula is C15H10Cl2FN3OS. The van der Waals surface area contributed by atoms with Crippen LogP contribution in [0.4, 0.5) is 4.39 Å². The van der Waals surface area contributed by atoms with Crippen molar-refractivity contribution in [1.29, 1.82) is 0 Å². The molecule has 0 amide bonds. The van der Waals surface area contributed by atoms with Gasteiger partial charge >= 0.3 is 0 Å². The molecule has 1 fully saturated rings. The predicted octanol–water partition coefficient (Wildman–Crippen LogP) is 4.45. The predicted molar refractivity (Wildman–Crippen MR) is 86.3 cm³/mol. The lowest BCUT2D eigenvalue weighted by Crippen LogP contribution is -2.19. The summed E-state index contributed by atoms with van der Waals surface area (Å²) in [5.74, 6) is -0.293. The third-order valence-electron chi connectivity index (χ3n) is 3.86. The second kappa shape index (κ2) is 5.56. The fourth-order valence-electron chi connectivity index (χ4n) is 2.74. The van der Waals surface area contributed by atoms with E-state index in [1.54, 1.807) is 23.1 Å². The lowest BCUT2D eigenvalue weighted by Gasteiger charge is -2.13. The van der Waals surface area contributed by atoms with Crippen LogP contribution in [0.3, 0.4) is 0 Å². The van der Waals surface area contributed by atoms with Gasteiger partial charge in [-0.1, -0.05) is 35.3 Å². The Morgan fingerprint density at radius 2 is 2.09 bits per heavy atom. The van der Waals surface area contributed by atoms with Gasteiger partial charge in [0.1, 0.15) is 34.5 Å². The van der Waals surface area contributed by atoms with E-state index in [0.717, 1.165) is 11.1 Å². The summed E-state index contributed by atoms with van der Waals surface area (Å²) in [4.78, 5) is 3.95. The van der Waals surface area contributed by atoms with E-state index in [1.165, 1.54) is 29.8 Å². The van der Waals surface area contributed by atoms with E-state index in [0.29, 0.717) is 15.2 Å². The Kier molecular flexibility index (Phi) is 3.65. The minimum atomic E-state index is -0.657. The normalized spacial score (nSPS) is 23.2. The van der Waals surface area contributed by atoms with E-state index in [9.17, 15) is 4.39 Å². The first-order chi connectivity index (χ1) is 11.1. The largest absolute Gasteiger partial charge is 0.354 e. The molecule has 0 N–H and O–H groups in total. The van der Waals surface area contributed by atoms with Gasteiger partial charge in [0.25, 0.3) is 0 Å². The molecule has 0 bridgehead atoms. The van der Waals surface area contributed by atoms with Crippen LogP contribution in [0.25, 0.3) is 0 Å². The molecule has 0 spiro atoms. The number of epoxide rings is 1. The minimum absolute atomic E-state index is 0.256. The van der Waals surface area contributed by atoms with Crippen LogP contribution in [0.5, 0.6) is 0 Å². The van der Waals surface area contributed by atoms with Crippen molar-refractivity contribution in [3.8, 4) is 0 Å². The molecule has 0 aliphatic carbocycles. The van der Waals surface area contributed by atoms with Crippen LogP contribution >= 0.6 is 34.5 Å². The van der Waals surface area contributed by atoms with E-state index in [-0.39, 0.29) is 11.9 Å². The molecule has 0 saturated carbocycles. The van der Waals surface area contributed by atoms with Gasteiger partial charge in [-0.3, -0.25) is 0 Å². The molecule has 3 aromatic rings. The maximum absolute atomic E-state index is 13.3. The molecule has 4 rings (SSSR count). The minimum Gasteiger partial charge on any atom is -0.354 e. The molecule has 2 atom stereocenters. The van der Waals surface area contributed by atoms with Crippen molar-refractivity contribution in [1.82, 2.24) is 14.8 Å². The van der Waals surface area contributed by atoms with Crippen LogP contribution < -0.4 is 0 Å². The molecule has 0 radical (unpaired) electrons. The van der Waals surface area contributed by atoms with Gasteiger partial charge < -0.3 is 4.74 Å². The zero-order chi connectivity index (χ0) is 16.0. The smallest absolute Gasteiger partial charge is 0.144 e. The highest BCUT2D eigenvalue weighted by atomic mass is 35.5. The van der Waals surface area contributed by atoms with Crippen LogP contribution in [0.2, 0.25) is 8.67 Å². The zero-order valence-electron chi connectivity index (χ0n) is 11.6. The third-order valence-corrected chi connectivity index (χ3v) is 5.37. The maximum atomic E-state index is 13.3. The number of hydrogen-bond acceptors (Lipinski definition) is 4. The molecule has 1 aliphatic heterocycles. The standard InChI is InChI=1S/C15H10Cl2FN3OS/c16-12-5-11(14(17)23-12)13-15(22-13,6-21-8-19-7-20-21)9-1-3-10(18)4-2-9/h1-5,7-8,13H,6H2. The summed E-state index contributed by atoms with van der Waals surface area (Å²) >= 11 is 13.6. The van der Waals surface area contributed by atoms with E-state index >= 15 is 0 Å². The summed E-state index contributed by atoms with van der Waals surface area (Å²) in [7, 11) is 0. The molecule has 4 nitrogen and oxygen atoms in total. The number of aromatic nitrogens is 3. The lowest BCUT2D eigenvalue weighted by molar-refractivity contribution is 0.262. The van der Waals surface area contributed by atoms with Crippen molar-refractivity contribution >= 4 is 34.5 Å². The summed E-state index contributed by atoms with van der Waals surface area (Å²) in [5.41, 5.74) is 1.04. The quantitative estimate of drug-likeness (QED) is 0.638.